The van der Waals surface area contributed by atoms with Gasteiger partial charge >= 0.3 is 0 Å². The minimum absolute atomic E-state index is 0.0375. The van der Waals surface area contributed by atoms with Gasteiger partial charge in [0.05, 0.1) is 11.4 Å². The number of amides is 1. The number of carbonyl (C=O) groups is 1. The van der Waals surface area contributed by atoms with Gasteiger partial charge in [0.2, 0.25) is 15.9 Å². The molecule has 8 heteroatoms. The highest BCUT2D eigenvalue weighted by atomic mass is 79.9. The molecule has 162 valence electrons. The smallest absolute Gasteiger partial charge is 0.243 e. The number of aryl methyl sites for hydroxylation is 2. The highest BCUT2D eigenvalue weighted by molar-refractivity contribution is 9.10. The SMILES string of the molecule is Cc1ccc(C)c(NC(=O)CN(Cc2ccc(Cl)cc2)S(=O)(=O)c2ccc(Br)cc2)c1. The summed E-state index contributed by atoms with van der Waals surface area (Å²) in [7, 11) is -3.91. The molecule has 0 bridgehead atoms. The van der Waals surface area contributed by atoms with Crippen molar-refractivity contribution in [3.8, 4) is 0 Å². The molecule has 0 saturated carbocycles. The van der Waals surface area contributed by atoms with Crippen LogP contribution in [0, 0.1) is 13.8 Å². The standard InChI is InChI=1S/C23H22BrClN2O3S/c1-16-3-4-17(2)22(13-16)26-23(28)15-27(14-18-5-9-20(25)10-6-18)31(29,30)21-11-7-19(24)8-12-21/h3-13H,14-15H2,1-2H3,(H,26,28). The molecule has 0 radical (unpaired) electrons. The molecule has 0 fully saturated rings. The number of halogens is 2. The second kappa shape index (κ2) is 9.96. The van der Waals surface area contributed by atoms with E-state index >= 15 is 0 Å². The van der Waals surface area contributed by atoms with Crippen molar-refractivity contribution in [1.29, 1.82) is 0 Å². The molecule has 0 heterocycles. The normalized spacial score (nSPS) is 11.5. The summed E-state index contributed by atoms with van der Waals surface area (Å²) in [6.45, 7) is 3.53. The molecule has 0 saturated heterocycles. The molecular weight excluding hydrogens is 500 g/mol. The molecule has 0 aliphatic rings. The van der Waals surface area contributed by atoms with E-state index in [1.165, 1.54) is 16.4 Å². The fourth-order valence-electron chi connectivity index (χ4n) is 3.00. The van der Waals surface area contributed by atoms with Crippen LogP contribution < -0.4 is 5.32 Å². The average Bonchev–Trinajstić information content (AvgIpc) is 2.72. The lowest BCUT2D eigenvalue weighted by Crippen LogP contribution is -2.37. The maximum atomic E-state index is 13.3. The molecule has 31 heavy (non-hydrogen) atoms. The summed E-state index contributed by atoms with van der Waals surface area (Å²) >= 11 is 9.27. The van der Waals surface area contributed by atoms with E-state index < -0.39 is 15.9 Å². The van der Waals surface area contributed by atoms with Gasteiger partial charge in [-0.1, -0.05) is 51.8 Å². The van der Waals surface area contributed by atoms with Crippen LogP contribution in [0.4, 0.5) is 5.69 Å². The summed E-state index contributed by atoms with van der Waals surface area (Å²) in [6.07, 6.45) is 0. The van der Waals surface area contributed by atoms with Crippen LogP contribution in [-0.2, 0) is 21.4 Å². The van der Waals surface area contributed by atoms with Gasteiger partial charge in [0.1, 0.15) is 0 Å². The Balaban J connectivity index is 1.89. The first-order chi connectivity index (χ1) is 14.6. The van der Waals surface area contributed by atoms with Crippen molar-refractivity contribution in [3.63, 3.8) is 0 Å². The van der Waals surface area contributed by atoms with Crippen molar-refractivity contribution in [2.24, 2.45) is 0 Å². The van der Waals surface area contributed by atoms with Crippen molar-refractivity contribution < 1.29 is 13.2 Å². The van der Waals surface area contributed by atoms with Crippen molar-refractivity contribution in [2.75, 3.05) is 11.9 Å². The molecule has 0 atom stereocenters. The third-order valence-corrected chi connectivity index (χ3v) is 7.30. The quantitative estimate of drug-likeness (QED) is 0.443. The Morgan fingerprint density at radius 2 is 1.65 bits per heavy atom. The maximum Gasteiger partial charge on any atom is 0.243 e. The van der Waals surface area contributed by atoms with E-state index in [2.05, 4.69) is 21.2 Å². The molecule has 5 nitrogen and oxygen atoms in total. The molecule has 0 aliphatic carbocycles. The predicted octanol–water partition coefficient (Wildman–Crippen LogP) is 5.55. The van der Waals surface area contributed by atoms with Gasteiger partial charge in [-0.25, -0.2) is 8.42 Å². The van der Waals surface area contributed by atoms with Crippen LogP contribution in [0.3, 0.4) is 0 Å². The van der Waals surface area contributed by atoms with Crippen molar-refractivity contribution in [3.05, 3.63) is 92.9 Å². The third-order valence-electron chi connectivity index (χ3n) is 4.71. The number of anilines is 1. The van der Waals surface area contributed by atoms with Crippen LogP contribution in [-0.4, -0.2) is 25.2 Å². The van der Waals surface area contributed by atoms with E-state index in [4.69, 9.17) is 11.6 Å². The number of hydrogen-bond donors (Lipinski definition) is 1. The van der Waals surface area contributed by atoms with E-state index in [0.717, 1.165) is 21.2 Å². The Bertz CT molecular complexity index is 1180. The number of hydrogen-bond acceptors (Lipinski definition) is 3. The number of benzene rings is 3. The minimum Gasteiger partial charge on any atom is -0.325 e. The molecule has 3 rings (SSSR count). The number of nitrogens with zero attached hydrogens (tertiary/aromatic N) is 1. The summed E-state index contributed by atoms with van der Waals surface area (Å²) in [6, 6.07) is 18.9. The Labute approximate surface area is 196 Å². The van der Waals surface area contributed by atoms with E-state index in [9.17, 15) is 13.2 Å². The summed E-state index contributed by atoms with van der Waals surface area (Å²) in [5.74, 6) is -0.414. The highest BCUT2D eigenvalue weighted by Gasteiger charge is 2.27. The van der Waals surface area contributed by atoms with Crippen LogP contribution in [0.1, 0.15) is 16.7 Å². The molecule has 1 amide bonds. The van der Waals surface area contributed by atoms with Gasteiger partial charge in [0, 0.05) is 21.7 Å². The van der Waals surface area contributed by atoms with Gasteiger partial charge in [-0.15, -0.1) is 0 Å². The van der Waals surface area contributed by atoms with Crippen LogP contribution in [0.15, 0.2) is 76.1 Å². The zero-order chi connectivity index (χ0) is 22.6. The lowest BCUT2D eigenvalue weighted by atomic mass is 10.1. The van der Waals surface area contributed by atoms with Crippen molar-refractivity contribution >= 4 is 49.1 Å². The summed E-state index contributed by atoms with van der Waals surface area (Å²) in [4.78, 5) is 12.9. The predicted molar refractivity (Wildman–Crippen MR) is 128 cm³/mol. The van der Waals surface area contributed by atoms with Gasteiger partial charge in [0.25, 0.3) is 0 Å². The van der Waals surface area contributed by atoms with E-state index in [1.54, 1.807) is 36.4 Å². The summed E-state index contributed by atoms with van der Waals surface area (Å²) in [5.41, 5.74) is 3.29. The first kappa shape index (κ1) is 23.5. The first-order valence-electron chi connectivity index (χ1n) is 9.52. The molecular formula is C23H22BrClN2O3S. The van der Waals surface area contributed by atoms with Gasteiger partial charge in [-0.05, 0) is 73.0 Å². The lowest BCUT2D eigenvalue weighted by Gasteiger charge is -2.22. The van der Waals surface area contributed by atoms with E-state index in [-0.39, 0.29) is 18.0 Å². The minimum atomic E-state index is -3.91. The fraction of sp³-hybridized carbons (Fsp3) is 0.174. The first-order valence-corrected chi connectivity index (χ1v) is 12.1. The monoisotopic (exact) mass is 520 g/mol. The molecule has 0 aliphatic heterocycles. The number of rotatable bonds is 7. The van der Waals surface area contributed by atoms with Crippen LogP contribution in [0.2, 0.25) is 5.02 Å². The molecule has 0 spiro atoms. The molecule has 3 aromatic rings. The Kier molecular flexibility index (Phi) is 7.54. The number of nitrogens with one attached hydrogen (secondary N) is 1. The van der Waals surface area contributed by atoms with Gasteiger partial charge < -0.3 is 5.32 Å². The Hall–Kier alpha value is -2.19. The Morgan fingerprint density at radius 1 is 1.00 bits per heavy atom. The topological polar surface area (TPSA) is 66.5 Å². The molecule has 0 aromatic heterocycles. The fourth-order valence-corrected chi connectivity index (χ4v) is 4.77. The molecule has 1 N–H and O–H groups in total. The molecule has 0 unspecified atom stereocenters. The van der Waals surface area contributed by atoms with Gasteiger partial charge in [-0.3, -0.25) is 4.79 Å². The van der Waals surface area contributed by atoms with Crippen LogP contribution in [0.25, 0.3) is 0 Å². The largest absolute Gasteiger partial charge is 0.325 e. The van der Waals surface area contributed by atoms with Crippen molar-refractivity contribution in [2.45, 2.75) is 25.3 Å². The number of sulfonamides is 1. The van der Waals surface area contributed by atoms with E-state index in [0.29, 0.717) is 10.7 Å². The summed E-state index contributed by atoms with van der Waals surface area (Å²) in [5, 5.41) is 3.39. The van der Waals surface area contributed by atoms with Gasteiger partial charge in [-0.2, -0.15) is 4.31 Å². The number of carbonyl (C=O) groups excluding carboxylic acids is 1. The lowest BCUT2D eigenvalue weighted by molar-refractivity contribution is -0.116. The average molecular weight is 522 g/mol. The van der Waals surface area contributed by atoms with Crippen molar-refractivity contribution in [1.82, 2.24) is 4.31 Å². The Morgan fingerprint density at radius 3 is 2.29 bits per heavy atom. The maximum absolute atomic E-state index is 13.3. The highest BCUT2D eigenvalue weighted by Crippen LogP contribution is 2.22. The van der Waals surface area contributed by atoms with Crippen LogP contribution in [0.5, 0.6) is 0 Å². The zero-order valence-electron chi connectivity index (χ0n) is 17.1. The summed E-state index contributed by atoms with van der Waals surface area (Å²) < 4.78 is 28.6. The van der Waals surface area contributed by atoms with Gasteiger partial charge in [0.15, 0.2) is 0 Å². The zero-order valence-corrected chi connectivity index (χ0v) is 20.3. The second-order valence-corrected chi connectivity index (χ2v) is 10.5. The second-order valence-electron chi connectivity index (χ2n) is 7.22. The third kappa shape index (κ3) is 6.17. The van der Waals surface area contributed by atoms with Crippen LogP contribution >= 0.6 is 27.5 Å². The molecule has 3 aromatic carbocycles. The van der Waals surface area contributed by atoms with E-state index in [1.807, 2.05) is 32.0 Å².